The SMILES string of the molecule is CC(C)C1C(=O)Nc2cc3[nH]c(O)nc3cc21. The predicted octanol–water partition coefficient (Wildman–Crippen LogP) is 1.96. The number of fused-ring (bicyclic) bond motifs is 2. The van der Waals surface area contributed by atoms with Gasteiger partial charge >= 0.3 is 0 Å². The number of aromatic nitrogens is 2. The molecular weight excluding hydrogens is 218 g/mol. The van der Waals surface area contributed by atoms with Crippen LogP contribution in [-0.4, -0.2) is 21.0 Å². The van der Waals surface area contributed by atoms with Gasteiger partial charge in [0.15, 0.2) is 0 Å². The fourth-order valence-electron chi connectivity index (χ4n) is 2.44. The molecule has 1 aromatic carbocycles. The first-order valence-electron chi connectivity index (χ1n) is 5.60. The molecule has 1 aromatic heterocycles. The number of carbonyl (C=O) groups excluding carboxylic acids is 1. The third-order valence-electron chi connectivity index (χ3n) is 3.18. The number of amides is 1. The van der Waals surface area contributed by atoms with Gasteiger partial charge in [-0.05, 0) is 23.6 Å². The van der Waals surface area contributed by atoms with Gasteiger partial charge in [0.25, 0.3) is 6.01 Å². The van der Waals surface area contributed by atoms with E-state index in [0.29, 0.717) is 5.52 Å². The first-order valence-corrected chi connectivity index (χ1v) is 5.60. The molecule has 1 unspecified atom stereocenters. The molecule has 5 nitrogen and oxygen atoms in total. The van der Waals surface area contributed by atoms with Crippen LogP contribution in [0.1, 0.15) is 25.3 Å². The average molecular weight is 231 g/mol. The van der Waals surface area contributed by atoms with E-state index < -0.39 is 0 Å². The van der Waals surface area contributed by atoms with Crippen LogP contribution in [0, 0.1) is 5.92 Å². The minimum atomic E-state index is -0.131. The van der Waals surface area contributed by atoms with Crippen LogP contribution in [0.3, 0.4) is 0 Å². The molecule has 0 saturated heterocycles. The van der Waals surface area contributed by atoms with E-state index in [4.69, 9.17) is 0 Å². The third-order valence-corrected chi connectivity index (χ3v) is 3.18. The summed E-state index contributed by atoms with van der Waals surface area (Å²) >= 11 is 0. The van der Waals surface area contributed by atoms with E-state index in [9.17, 15) is 9.90 Å². The highest BCUT2D eigenvalue weighted by atomic mass is 16.3. The molecule has 1 atom stereocenters. The van der Waals surface area contributed by atoms with Crippen molar-refractivity contribution in [1.82, 2.24) is 9.97 Å². The van der Waals surface area contributed by atoms with E-state index in [1.54, 1.807) is 0 Å². The Morgan fingerprint density at radius 2 is 2.18 bits per heavy atom. The highest BCUT2D eigenvalue weighted by molar-refractivity contribution is 6.05. The second-order valence-corrected chi connectivity index (χ2v) is 4.73. The fraction of sp³-hybridized carbons (Fsp3) is 0.333. The van der Waals surface area contributed by atoms with Gasteiger partial charge in [-0.1, -0.05) is 13.8 Å². The van der Waals surface area contributed by atoms with E-state index in [-0.39, 0.29) is 23.8 Å². The molecule has 0 radical (unpaired) electrons. The number of anilines is 1. The summed E-state index contributed by atoms with van der Waals surface area (Å²) in [6.45, 7) is 4.04. The molecule has 0 saturated carbocycles. The van der Waals surface area contributed by atoms with Crippen molar-refractivity contribution in [2.24, 2.45) is 5.92 Å². The van der Waals surface area contributed by atoms with Crippen molar-refractivity contribution in [1.29, 1.82) is 0 Å². The van der Waals surface area contributed by atoms with Gasteiger partial charge in [0.1, 0.15) is 0 Å². The third kappa shape index (κ3) is 1.39. The molecule has 1 amide bonds. The molecule has 0 spiro atoms. The Morgan fingerprint density at radius 3 is 2.88 bits per heavy atom. The minimum absolute atomic E-state index is 0.0341. The number of benzene rings is 1. The van der Waals surface area contributed by atoms with Gasteiger partial charge < -0.3 is 15.4 Å². The Morgan fingerprint density at radius 1 is 1.41 bits per heavy atom. The summed E-state index contributed by atoms with van der Waals surface area (Å²) in [5, 5.41) is 12.2. The van der Waals surface area contributed by atoms with Crippen molar-refractivity contribution >= 4 is 22.6 Å². The van der Waals surface area contributed by atoms with Crippen molar-refractivity contribution in [2.75, 3.05) is 5.32 Å². The van der Waals surface area contributed by atoms with Crippen LogP contribution in [0.2, 0.25) is 0 Å². The molecule has 0 fully saturated rings. The summed E-state index contributed by atoms with van der Waals surface area (Å²) in [6, 6.07) is 3.58. The van der Waals surface area contributed by atoms with Gasteiger partial charge in [0, 0.05) is 5.69 Å². The van der Waals surface area contributed by atoms with E-state index >= 15 is 0 Å². The molecule has 2 heterocycles. The lowest BCUT2D eigenvalue weighted by molar-refractivity contribution is -0.117. The van der Waals surface area contributed by atoms with Crippen LogP contribution in [0.4, 0.5) is 5.69 Å². The van der Waals surface area contributed by atoms with Crippen LogP contribution in [0.25, 0.3) is 11.0 Å². The number of hydrogen-bond donors (Lipinski definition) is 3. The van der Waals surface area contributed by atoms with E-state index in [1.807, 2.05) is 26.0 Å². The Labute approximate surface area is 97.9 Å². The number of nitrogens with one attached hydrogen (secondary N) is 2. The maximum Gasteiger partial charge on any atom is 0.292 e. The molecule has 1 aliphatic rings. The normalized spacial score (nSPS) is 18.8. The summed E-state index contributed by atoms with van der Waals surface area (Å²) in [5.74, 6) is 0.140. The summed E-state index contributed by atoms with van der Waals surface area (Å²) in [6.07, 6.45) is 0. The topological polar surface area (TPSA) is 78.0 Å². The van der Waals surface area contributed by atoms with Crippen molar-refractivity contribution in [3.8, 4) is 6.01 Å². The Bertz CT molecular complexity index is 615. The van der Waals surface area contributed by atoms with E-state index in [2.05, 4.69) is 15.3 Å². The number of hydrogen-bond acceptors (Lipinski definition) is 3. The average Bonchev–Trinajstić information content (AvgIpc) is 2.70. The molecule has 1 aliphatic heterocycles. The van der Waals surface area contributed by atoms with Gasteiger partial charge in [0.2, 0.25) is 5.91 Å². The number of aromatic hydroxyl groups is 1. The van der Waals surface area contributed by atoms with Gasteiger partial charge in [-0.2, -0.15) is 4.98 Å². The molecular formula is C12H13N3O2. The zero-order valence-electron chi connectivity index (χ0n) is 9.61. The number of aromatic amines is 1. The molecule has 0 bridgehead atoms. The highest BCUT2D eigenvalue weighted by Gasteiger charge is 2.33. The number of H-pyrrole nitrogens is 1. The van der Waals surface area contributed by atoms with Gasteiger partial charge in [-0.15, -0.1) is 0 Å². The van der Waals surface area contributed by atoms with Gasteiger partial charge in [-0.25, -0.2) is 0 Å². The van der Waals surface area contributed by atoms with Crippen molar-refractivity contribution in [3.05, 3.63) is 17.7 Å². The van der Waals surface area contributed by atoms with Crippen LogP contribution in [0.15, 0.2) is 12.1 Å². The number of imidazole rings is 1. The number of nitrogens with zero attached hydrogens (tertiary/aromatic N) is 1. The van der Waals surface area contributed by atoms with Crippen LogP contribution < -0.4 is 5.32 Å². The summed E-state index contributed by atoms with van der Waals surface area (Å²) in [4.78, 5) is 18.6. The van der Waals surface area contributed by atoms with Crippen molar-refractivity contribution in [2.45, 2.75) is 19.8 Å². The Hall–Kier alpha value is -2.04. The molecule has 3 N–H and O–H groups in total. The summed E-state index contributed by atoms with van der Waals surface area (Å²) in [7, 11) is 0. The van der Waals surface area contributed by atoms with Crippen molar-refractivity contribution < 1.29 is 9.90 Å². The standard InChI is InChI=1S/C12H13N3O2/c1-5(2)10-6-3-8-9(15-12(17)14-8)4-7(6)13-11(10)16/h3-5,10H,1-2H3,(H,13,16)(H2,14,15,17). The first-order chi connectivity index (χ1) is 8.06. The molecule has 17 heavy (non-hydrogen) atoms. The van der Waals surface area contributed by atoms with Crippen LogP contribution in [-0.2, 0) is 4.79 Å². The second kappa shape index (κ2) is 3.23. The molecule has 0 aliphatic carbocycles. The first kappa shape index (κ1) is 10.1. The fourth-order valence-corrected chi connectivity index (χ4v) is 2.44. The maximum absolute atomic E-state index is 11.8. The largest absolute Gasteiger partial charge is 0.480 e. The van der Waals surface area contributed by atoms with Crippen LogP contribution >= 0.6 is 0 Å². The second-order valence-electron chi connectivity index (χ2n) is 4.73. The van der Waals surface area contributed by atoms with E-state index in [1.165, 1.54) is 0 Å². The maximum atomic E-state index is 11.8. The Kier molecular flexibility index (Phi) is 1.92. The summed E-state index contributed by atoms with van der Waals surface area (Å²) in [5.41, 5.74) is 3.18. The molecule has 5 heteroatoms. The number of rotatable bonds is 1. The zero-order chi connectivity index (χ0) is 12.2. The lowest BCUT2D eigenvalue weighted by atomic mass is 9.89. The predicted molar refractivity (Wildman–Crippen MR) is 64.0 cm³/mol. The van der Waals surface area contributed by atoms with E-state index in [0.717, 1.165) is 16.8 Å². The lowest BCUT2D eigenvalue weighted by Crippen LogP contribution is -2.16. The molecule has 88 valence electrons. The minimum Gasteiger partial charge on any atom is -0.480 e. The Balaban J connectivity index is 2.22. The van der Waals surface area contributed by atoms with Crippen molar-refractivity contribution in [3.63, 3.8) is 0 Å². The smallest absolute Gasteiger partial charge is 0.292 e. The highest BCUT2D eigenvalue weighted by Crippen LogP contribution is 2.39. The lowest BCUT2D eigenvalue weighted by Gasteiger charge is -2.12. The van der Waals surface area contributed by atoms with Crippen LogP contribution in [0.5, 0.6) is 6.01 Å². The van der Waals surface area contributed by atoms with Gasteiger partial charge in [0.05, 0.1) is 17.0 Å². The number of carbonyl (C=O) groups is 1. The summed E-state index contributed by atoms with van der Waals surface area (Å²) < 4.78 is 0. The zero-order valence-corrected chi connectivity index (χ0v) is 9.61. The monoisotopic (exact) mass is 231 g/mol. The quantitative estimate of drug-likeness (QED) is 0.702. The molecule has 2 aromatic rings. The molecule has 3 rings (SSSR count). The van der Waals surface area contributed by atoms with Gasteiger partial charge in [-0.3, -0.25) is 4.79 Å².